The molecule has 4 aromatic rings. The predicted octanol–water partition coefficient (Wildman–Crippen LogP) is 4.29. The minimum atomic E-state index is -0.266. The summed E-state index contributed by atoms with van der Waals surface area (Å²) in [7, 11) is 1.58. The van der Waals surface area contributed by atoms with E-state index in [1.54, 1.807) is 37.9 Å². The van der Waals surface area contributed by atoms with Gasteiger partial charge in [-0.1, -0.05) is 29.5 Å². The van der Waals surface area contributed by atoms with Gasteiger partial charge in [-0.15, -0.1) is 10.2 Å². The summed E-state index contributed by atoms with van der Waals surface area (Å²) in [6, 6.07) is 17.2. The second-order valence-electron chi connectivity index (χ2n) is 7.64. The molecule has 0 unspecified atom stereocenters. The van der Waals surface area contributed by atoms with E-state index >= 15 is 0 Å². The van der Waals surface area contributed by atoms with Gasteiger partial charge < -0.3 is 9.47 Å². The third kappa shape index (κ3) is 6.08. The Balaban J connectivity index is 1.45. The van der Waals surface area contributed by atoms with Crippen LogP contribution in [0, 0.1) is 6.92 Å². The minimum Gasteiger partial charge on any atom is -0.493 e. The van der Waals surface area contributed by atoms with Crippen LogP contribution >= 0.6 is 11.8 Å². The van der Waals surface area contributed by atoms with Crippen molar-refractivity contribution in [3.8, 4) is 28.6 Å². The molecule has 0 saturated heterocycles. The SMILES string of the molecule is CCOc1ccc(C=NNC(=O)CSc2nnc(-c3ccncc3)n2-c2ccc(C)cc2)cc1OC. The van der Waals surface area contributed by atoms with Crippen molar-refractivity contribution in [2.45, 2.75) is 19.0 Å². The highest BCUT2D eigenvalue weighted by atomic mass is 32.2. The lowest BCUT2D eigenvalue weighted by molar-refractivity contribution is -0.118. The molecule has 0 fully saturated rings. The number of ether oxygens (including phenoxy) is 2. The van der Waals surface area contributed by atoms with Gasteiger partial charge in [-0.2, -0.15) is 5.10 Å². The Morgan fingerprint density at radius 3 is 2.58 bits per heavy atom. The Labute approximate surface area is 213 Å². The van der Waals surface area contributed by atoms with Crippen molar-refractivity contribution in [3.05, 3.63) is 78.1 Å². The monoisotopic (exact) mass is 502 g/mol. The topological polar surface area (TPSA) is 104 Å². The van der Waals surface area contributed by atoms with Crippen LogP contribution in [0.3, 0.4) is 0 Å². The molecule has 0 spiro atoms. The number of rotatable bonds is 10. The van der Waals surface area contributed by atoms with E-state index in [0.717, 1.165) is 22.4 Å². The lowest BCUT2D eigenvalue weighted by atomic mass is 10.2. The van der Waals surface area contributed by atoms with E-state index in [-0.39, 0.29) is 11.7 Å². The third-order valence-electron chi connectivity index (χ3n) is 5.09. The number of nitrogens with zero attached hydrogens (tertiary/aromatic N) is 5. The largest absolute Gasteiger partial charge is 0.493 e. The van der Waals surface area contributed by atoms with E-state index < -0.39 is 0 Å². The number of thioether (sulfide) groups is 1. The smallest absolute Gasteiger partial charge is 0.250 e. The molecule has 4 rings (SSSR count). The number of hydrogen-bond donors (Lipinski definition) is 1. The van der Waals surface area contributed by atoms with Crippen LogP contribution in [0.2, 0.25) is 0 Å². The molecule has 0 radical (unpaired) electrons. The molecular weight excluding hydrogens is 476 g/mol. The van der Waals surface area contributed by atoms with E-state index in [2.05, 4.69) is 25.7 Å². The molecule has 2 heterocycles. The number of carbonyl (C=O) groups is 1. The van der Waals surface area contributed by atoms with Gasteiger partial charge in [-0.25, -0.2) is 5.43 Å². The second kappa shape index (κ2) is 12.0. The van der Waals surface area contributed by atoms with E-state index in [4.69, 9.17) is 9.47 Å². The van der Waals surface area contributed by atoms with Gasteiger partial charge in [0.1, 0.15) is 0 Å². The summed E-state index contributed by atoms with van der Waals surface area (Å²) >= 11 is 1.28. The molecule has 0 atom stereocenters. The number of aryl methyl sites for hydroxylation is 1. The van der Waals surface area contributed by atoms with Crippen LogP contribution in [0.1, 0.15) is 18.1 Å². The Morgan fingerprint density at radius 1 is 1.08 bits per heavy atom. The number of aromatic nitrogens is 4. The molecule has 0 saturated carbocycles. The van der Waals surface area contributed by atoms with Crippen LogP contribution in [-0.2, 0) is 4.79 Å². The first-order chi connectivity index (χ1) is 17.6. The fourth-order valence-corrected chi connectivity index (χ4v) is 4.10. The molecule has 10 heteroatoms. The summed E-state index contributed by atoms with van der Waals surface area (Å²) < 4.78 is 12.8. The number of hydrazone groups is 1. The minimum absolute atomic E-state index is 0.115. The molecule has 36 heavy (non-hydrogen) atoms. The average Bonchev–Trinajstić information content (AvgIpc) is 3.33. The fraction of sp³-hybridized carbons (Fsp3) is 0.192. The lowest BCUT2D eigenvalue weighted by Crippen LogP contribution is -2.20. The van der Waals surface area contributed by atoms with E-state index in [0.29, 0.717) is 29.1 Å². The zero-order valence-electron chi connectivity index (χ0n) is 20.2. The van der Waals surface area contributed by atoms with Gasteiger partial charge in [0.05, 0.1) is 25.7 Å². The maximum Gasteiger partial charge on any atom is 0.250 e. The summed E-state index contributed by atoms with van der Waals surface area (Å²) in [5.74, 6) is 1.78. The van der Waals surface area contributed by atoms with Gasteiger partial charge in [0.25, 0.3) is 5.91 Å². The first kappa shape index (κ1) is 24.9. The summed E-state index contributed by atoms with van der Waals surface area (Å²) in [5.41, 5.74) is 6.26. The summed E-state index contributed by atoms with van der Waals surface area (Å²) in [4.78, 5) is 16.6. The Hall–Kier alpha value is -4.18. The van der Waals surface area contributed by atoms with Gasteiger partial charge in [-0.3, -0.25) is 14.3 Å². The molecule has 0 bridgehead atoms. The Bertz CT molecular complexity index is 1340. The van der Waals surface area contributed by atoms with Crippen LogP contribution < -0.4 is 14.9 Å². The highest BCUT2D eigenvalue weighted by Crippen LogP contribution is 2.28. The normalized spacial score (nSPS) is 11.0. The van der Waals surface area contributed by atoms with Gasteiger partial charge in [-0.05, 0) is 61.9 Å². The average molecular weight is 503 g/mol. The van der Waals surface area contributed by atoms with Gasteiger partial charge in [0, 0.05) is 23.6 Å². The summed E-state index contributed by atoms with van der Waals surface area (Å²) in [6.45, 7) is 4.48. The number of methoxy groups -OCH3 is 1. The number of nitrogens with one attached hydrogen (secondary N) is 1. The van der Waals surface area contributed by atoms with Crippen molar-refractivity contribution in [3.63, 3.8) is 0 Å². The molecule has 9 nitrogen and oxygen atoms in total. The van der Waals surface area contributed by atoms with Crippen molar-refractivity contribution in [1.29, 1.82) is 0 Å². The zero-order chi connectivity index (χ0) is 25.3. The highest BCUT2D eigenvalue weighted by Gasteiger charge is 2.17. The first-order valence-corrected chi connectivity index (χ1v) is 12.3. The van der Waals surface area contributed by atoms with Crippen LogP contribution in [0.5, 0.6) is 11.5 Å². The standard InChI is InChI=1S/C26H26N6O3S/c1-4-35-22-10-7-19(15-23(22)34-3)16-28-29-24(33)17-36-26-31-30-25(20-11-13-27-14-12-20)32(26)21-8-5-18(2)6-9-21/h5-16H,4,17H2,1-3H3,(H,29,33). The van der Waals surface area contributed by atoms with E-state index in [1.165, 1.54) is 11.8 Å². The van der Waals surface area contributed by atoms with Crippen molar-refractivity contribution in [1.82, 2.24) is 25.2 Å². The Kier molecular flexibility index (Phi) is 8.30. The van der Waals surface area contributed by atoms with Crippen LogP contribution in [0.4, 0.5) is 0 Å². The molecule has 1 amide bonds. The molecule has 184 valence electrons. The van der Waals surface area contributed by atoms with Crippen molar-refractivity contribution >= 4 is 23.9 Å². The zero-order valence-corrected chi connectivity index (χ0v) is 21.0. The van der Waals surface area contributed by atoms with Gasteiger partial charge in [0.2, 0.25) is 0 Å². The molecular formula is C26H26N6O3S. The molecule has 0 aliphatic heterocycles. The number of benzene rings is 2. The second-order valence-corrected chi connectivity index (χ2v) is 8.58. The van der Waals surface area contributed by atoms with Crippen molar-refractivity contribution in [2.24, 2.45) is 5.10 Å². The summed E-state index contributed by atoms with van der Waals surface area (Å²) in [6.07, 6.45) is 4.97. The number of pyridine rings is 1. The van der Waals surface area contributed by atoms with Crippen molar-refractivity contribution in [2.75, 3.05) is 19.5 Å². The third-order valence-corrected chi connectivity index (χ3v) is 6.02. The van der Waals surface area contributed by atoms with Crippen LogP contribution in [-0.4, -0.2) is 51.3 Å². The predicted molar refractivity (Wildman–Crippen MR) is 140 cm³/mol. The molecule has 1 N–H and O–H groups in total. The molecule has 2 aromatic heterocycles. The fourth-order valence-electron chi connectivity index (χ4n) is 3.36. The summed E-state index contributed by atoms with van der Waals surface area (Å²) in [5, 5.41) is 13.4. The number of amides is 1. The highest BCUT2D eigenvalue weighted by molar-refractivity contribution is 7.99. The number of carbonyl (C=O) groups excluding carboxylic acids is 1. The lowest BCUT2D eigenvalue weighted by Gasteiger charge is -2.10. The van der Waals surface area contributed by atoms with Crippen molar-refractivity contribution < 1.29 is 14.3 Å². The number of hydrogen-bond acceptors (Lipinski definition) is 8. The Morgan fingerprint density at radius 2 is 1.86 bits per heavy atom. The van der Waals surface area contributed by atoms with E-state index in [9.17, 15) is 4.79 Å². The van der Waals surface area contributed by atoms with Crippen LogP contribution in [0.25, 0.3) is 17.1 Å². The van der Waals surface area contributed by atoms with Gasteiger partial charge >= 0.3 is 0 Å². The maximum absolute atomic E-state index is 12.5. The maximum atomic E-state index is 12.5. The van der Waals surface area contributed by atoms with Crippen LogP contribution in [0.15, 0.2) is 77.2 Å². The van der Waals surface area contributed by atoms with E-state index in [1.807, 2.05) is 60.9 Å². The molecule has 2 aromatic carbocycles. The molecule has 0 aliphatic carbocycles. The molecule has 0 aliphatic rings. The van der Waals surface area contributed by atoms with Gasteiger partial charge in [0.15, 0.2) is 22.5 Å². The first-order valence-electron chi connectivity index (χ1n) is 11.3. The quantitative estimate of drug-likeness (QED) is 0.196.